The van der Waals surface area contributed by atoms with Crippen LogP contribution in [-0.2, 0) is 42.9 Å². The van der Waals surface area contributed by atoms with Gasteiger partial charge in [0.2, 0.25) is 0 Å². The van der Waals surface area contributed by atoms with E-state index >= 15 is 0 Å². The summed E-state index contributed by atoms with van der Waals surface area (Å²) in [5, 5.41) is 31.5. The first-order chi connectivity index (χ1) is 39.6. The highest BCUT2D eigenvalue weighted by Crippen LogP contribution is 2.26. The van der Waals surface area contributed by atoms with E-state index in [4.69, 9.17) is 23.7 Å². The molecule has 1 fully saturated rings. The maximum absolute atomic E-state index is 13.1. The van der Waals surface area contributed by atoms with Crippen molar-refractivity contribution in [2.24, 2.45) is 0 Å². The molecule has 0 aromatic heterocycles. The monoisotopic (exact) mass is 1130 g/mol. The number of aliphatic hydroxyl groups is 2. The number of aliphatic hydroxyl groups excluding tert-OH is 2. The molecule has 1 saturated heterocycles. The minimum absolute atomic E-state index is 0.0208. The smallest absolute Gasteiger partial charge is 0.335 e. The lowest BCUT2D eigenvalue weighted by Gasteiger charge is -2.40. The number of rotatable bonds is 52. The van der Waals surface area contributed by atoms with Crippen molar-refractivity contribution >= 4 is 23.9 Å². The minimum Gasteiger partial charge on any atom is -0.479 e. The number of carbonyl (C=O) groups excluding carboxylic acids is 3. The van der Waals surface area contributed by atoms with Crippen LogP contribution in [0.4, 0.5) is 0 Å². The van der Waals surface area contributed by atoms with Gasteiger partial charge in [0, 0.05) is 19.3 Å². The van der Waals surface area contributed by atoms with Crippen molar-refractivity contribution in [3.05, 3.63) is 122 Å². The number of carbonyl (C=O) groups is 4. The van der Waals surface area contributed by atoms with Crippen LogP contribution in [0.1, 0.15) is 239 Å². The maximum atomic E-state index is 13.1. The van der Waals surface area contributed by atoms with E-state index in [-0.39, 0.29) is 25.9 Å². The van der Waals surface area contributed by atoms with Gasteiger partial charge in [0.25, 0.3) is 0 Å². The molecule has 0 spiro atoms. The summed E-state index contributed by atoms with van der Waals surface area (Å²) in [5.41, 5.74) is 0. The second kappa shape index (κ2) is 55.6. The zero-order chi connectivity index (χ0) is 58.9. The Morgan fingerprint density at radius 1 is 0.420 bits per heavy atom. The van der Waals surface area contributed by atoms with Gasteiger partial charge in [-0.05, 0) is 83.5 Å². The quantitative estimate of drug-likeness (QED) is 0.0228. The van der Waals surface area contributed by atoms with Gasteiger partial charge in [-0.3, -0.25) is 14.4 Å². The molecule has 1 heterocycles. The van der Waals surface area contributed by atoms with Crippen LogP contribution in [0.5, 0.6) is 0 Å². The summed E-state index contributed by atoms with van der Waals surface area (Å²) >= 11 is 0. The number of hydrogen-bond acceptors (Lipinski definition) is 11. The topological polar surface area (TPSA) is 175 Å². The SMILES string of the molecule is CC/C=C\C/C=C\C/C=C\C/C=C\C/C=C\C/C=C\CCC(=O)OCC(COC1OC(C(=O)O)C(O)C(O)C1OC(=O)CCCCCCCCCCCCCCCCCCCCC)OC(=O)CC/C=C\C/C=C\C/C=C\C/C=C\CC. The lowest BCUT2D eigenvalue weighted by molar-refractivity contribution is -0.301. The number of unbranched alkanes of at least 4 members (excludes halogenated alkanes) is 18. The molecule has 3 N–H and O–H groups in total. The molecule has 0 bridgehead atoms. The second-order valence-electron chi connectivity index (χ2n) is 20.9. The van der Waals surface area contributed by atoms with Crippen molar-refractivity contribution in [3.8, 4) is 0 Å². The molecule has 1 aliphatic heterocycles. The Labute approximate surface area is 490 Å². The lowest BCUT2D eigenvalue weighted by Crippen LogP contribution is -2.61. The number of ether oxygens (including phenoxy) is 5. The Morgan fingerprint density at radius 3 is 1.16 bits per heavy atom. The number of carboxylic acids is 1. The Morgan fingerprint density at radius 2 is 0.778 bits per heavy atom. The average Bonchev–Trinajstić information content (AvgIpc) is 3.45. The normalized spacial score (nSPS) is 18.6. The molecule has 0 saturated carbocycles. The molecule has 1 aliphatic rings. The summed E-state index contributed by atoms with van der Waals surface area (Å²) in [6.45, 7) is 5.65. The summed E-state index contributed by atoms with van der Waals surface area (Å²) < 4.78 is 28.3. The van der Waals surface area contributed by atoms with E-state index in [1.54, 1.807) is 0 Å². The minimum atomic E-state index is -1.93. The van der Waals surface area contributed by atoms with E-state index in [0.29, 0.717) is 32.1 Å². The van der Waals surface area contributed by atoms with Gasteiger partial charge < -0.3 is 39.0 Å². The third-order valence-corrected chi connectivity index (χ3v) is 13.6. The van der Waals surface area contributed by atoms with Gasteiger partial charge in [0.1, 0.15) is 18.8 Å². The predicted octanol–water partition coefficient (Wildman–Crippen LogP) is 16.8. The lowest BCUT2D eigenvalue weighted by atomic mass is 9.98. The first-order valence-corrected chi connectivity index (χ1v) is 31.5. The Hall–Kier alpha value is -4.88. The number of carboxylic acid groups (broad SMARTS) is 1. The fourth-order valence-electron chi connectivity index (χ4n) is 8.82. The molecule has 6 unspecified atom stereocenters. The maximum Gasteiger partial charge on any atom is 0.335 e. The molecule has 0 aromatic carbocycles. The van der Waals surface area contributed by atoms with Crippen molar-refractivity contribution < 1.29 is 58.2 Å². The predicted molar refractivity (Wildman–Crippen MR) is 330 cm³/mol. The van der Waals surface area contributed by atoms with Gasteiger partial charge >= 0.3 is 23.9 Å². The number of hydrogen-bond donors (Lipinski definition) is 3. The van der Waals surface area contributed by atoms with Crippen molar-refractivity contribution in [1.82, 2.24) is 0 Å². The molecule has 12 nitrogen and oxygen atoms in total. The van der Waals surface area contributed by atoms with Gasteiger partial charge in [-0.25, -0.2) is 4.79 Å². The summed E-state index contributed by atoms with van der Waals surface area (Å²) in [5.74, 6) is -3.35. The van der Waals surface area contributed by atoms with Crippen molar-refractivity contribution in [1.29, 1.82) is 0 Å². The summed E-state index contributed by atoms with van der Waals surface area (Å²) in [4.78, 5) is 51.2. The Balaban J connectivity index is 2.72. The van der Waals surface area contributed by atoms with Crippen LogP contribution in [0.2, 0.25) is 0 Å². The standard InChI is InChI=1S/C69H110O12/c1-4-7-10-13-16-19-22-25-27-29-31-33-35-38-40-43-46-49-52-55-61(70)77-58-60(79-62(71)56-53-50-47-44-41-37-24-21-18-15-12-9-6-3)59-78-69-67(65(74)64(73)66(81-69)68(75)76)80-63(72)57-54-51-48-45-42-39-36-34-32-30-28-26-23-20-17-14-11-8-5-2/h7,9-10,12,16,18-19,21,25,27,31,33,37-38,40-41,46-47,49-50,60,64-67,69,73-74H,4-6,8,11,13-15,17,20,22-24,26,28-30,32,34-36,39,42-45,48,51-59H2,1-3H3,(H,75,76)/b10-7-,12-9-,19-16-,21-18-,27-25-,33-31-,40-38-,41-37-,49-46-,50-47-. The first kappa shape index (κ1) is 74.1. The molecule has 0 radical (unpaired) electrons. The average molecular weight is 1130 g/mol. The van der Waals surface area contributed by atoms with Crippen molar-refractivity contribution in [2.75, 3.05) is 13.2 Å². The highest BCUT2D eigenvalue weighted by Gasteiger charge is 2.50. The third-order valence-electron chi connectivity index (χ3n) is 13.6. The van der Waals surface area contributed by atoms with Crippen LogP contribution in [0.3, 0.4) is 0 Å². The Bertz CT molecular complexity index is 1870. The van der Waals surface area contributed by atoms with E-state index < -0.39 is 67.3 Å². The highest BCUT2D eigenvalue weighted by atomic mass is 16.7. The largest absolute Gasteiger partial charge is 0.479 e. The molecular weight excluding hydrogens is 1020 g/mol. The first-order valence-electron chi connectivity index (χ1n) is 31.5. The summed E-state index contributed by atoms with van der Waals surface area (Å²) in [6.07, 6.45) is 64.9. The number of allylic oxidation sites excluding steroid dienone is 20. The van der Waals surface area contributed by atoms with Crippen LogP contribution < -0.4 is 0 Å². The van der Waals surface area contributed by atoms with Crippen molar-refractivity contribution in [3.63, 3.8) is 0 Å². The molecule has 0 amide bonds. The van der Waals surface area contributed by atoms with E-state index in [0.717, 1.165) is 77.0 Å². The molecule has 81 heavy (non-hydrogen) atoms. The summed E-state index contributed by atoms with van der Waals surface area (Å²) in [7, 11) is 0. The van der Waals surface area contributed by atoms with Gasteiger partial charge in [0.15, 0.2) is 24.6 Å². The molecule has 0 aromatic rings. The fraction of sp³-hybridized carbons (Fsp3) is 0.652. The second-order valence-corrected chi connectivity index (χ2v) is 20.9. The van der Waals surface area contributed by atoms with Crippen molar-refractivity contribution in [2.45, 2.75) is 276 Å². The van der Waals surface area contributed by atoms with Crippen LogP contribution in [0, 0.1) is 0 Å². The molecule has 12 heteroatoms. The zero-order valence-corrected chi connectivity index (χ0v) is 50.5. The van der Waals surface area contributed by atoms with E-state index in [9.17, 15) is 34.5 Å². The number of aliphatic carboxylic acids is 1. The van der Waals surface area contributed by atoms with Gasteiger partial charge in [-0.2, -0.15) is 0 Å². The Kier molecular flexibility index (Phi) is 50.9. The van der Waals surface area contributed by atoms with Crippen LogP contribution in [-0.4, -0.2) is 89.2 Å². The molecular formula is C69H110O12. The molecule has 458 valence electrons. The molecule has 0 aliphatic carbocycles. The van der Waals surface area contributed by atoms with Gasteiger partial charge in [-0.15, -0.1) is 0 Å². The van der Waals surface area contributed by atoms with Gasteiger partial charge in [0.05, 0.1) is 6.61 Å². The van der Waals surface area contributed by atoms with Gasteiger partial charge in [-0.1, -0.05) is 258 Å². The van der Waals surface area contributed by atoms with E-state index in [2.05, 4.69) is 118 Å². The zero-order valence-electron chi connectivity index (χ0n) is 50.5. The number of esters is 3. The van der Waals surface area contributed by atoms with E-state index in [1.807, 2.05) is 24.3 Å². The van der Waals surface area contributed by atoms with Crippen LogP contribution in [0.15, 0.2) is 122 Å². The van der Waals surface area contributed by atoms with E-state index in [1.165, 1.54) is 89.9 Å². The third kappa shape index (κ3) is 45.3. The van der Waals surface area contributed by atoms with Crippen LogP contribution in [0.25, 0.3) is 0 Å². The fourth-order valence-corrected chi connectivity index (χ4v) is 8.82. The molecule has 6 atom stereocenters. The van der Waals surface area contributed by atoms with Crippen LogP contribution >= 0.6 is 0 Å². The highest BCUT2D eigenvalue weighted by molar-refractivity contribution is 5.74. The summed E-state index contributed by atoms with van der Waals surface area (Å²) in [6, 6.07) is 0. The molecule has 1 rings (SSSR count).